The predicted octanol–water partition coefficient (Wildman–Crippen LogP) is 2.48. The predicted molar refractivity (Wildman–Crippen MR) is 95.1 cm³/mol. The van der Waals surface area contributed by atoms with Crippen molar-refractivity contribution in [3.8, 4) is 0 Å². The van der Waals surface area contributed by atoms with E-state index >= 15 is 0 Å². The smallest absolute Gasteiger partial charge is 0.276 e. The Kier molecular flexibility index (Phi) is 5.38. The average Bonchev–Trinajstić information content (AvgIpc) is 2.61. The largest absolute Gasteiger partial charge is 0.368 e. The van der Waals surface area contributed by atoms with Crippen LogP contribution >= 0.6 is 0 Å². The van der Waals surface area contributed by atoms with Gasteiger partial charge in [-0.25, -0.2) is 0 Å². The van der Waals surface area contributed by atoms with Crippen molar-refractivity contribution in [1.29, 1.82) is 0 Å². The number of amides is 1. The van der Waals surface area contributed by atoms with Crippen molar-refractivity contribution in [3.05, 3.63) is 48.2 Å². The van der Waals surface area contributed by atoms with Gasteiger partial charge in [-0.1, -0.05) is 18.2 Å². The summed E-state index contributed by atoms with van der Waals surface area (Å²) in [5.74, 6) is 1.08. The monoisotopic (exact) mass is 325 g/mol. The number of hydrogen-bond acceptors (Lipinski definition) is 5. The molecule has 0 aliphatic carbocycles. The molecule has 1 aromatic carbocycles. The highest BCUT2D eigenvalue weighted by molar-refractivity contribution is 6.02. The minimum absolute atomic E-state index is 0.255. The normalized spacial score (nSPS) is 18.1. The maximum absolute atomic E-state index is 12.1. The first-order chi connectivity index (χ1) is 11.7. The minimum Gasteiger partial charge on any atom is -0.368 e. The van der Waals surface area contributed by atoms with Crippen LogP contribution in [0.3, 0.4) is 0 Å². The van der Waals surface area contributed by atoms with Crippen LogP contribution in [0, 0.1) is 5.92 Å². The molecule has 2 heterocycles. The highest BCUT2D eigenvalue weighted by atomic mass is 16.1. The molecule has 6 nitrogen and oxygen atoms in total. The first-order valence-electron chi connectivity index (χ1n) is 8.33. The first kappa shape index (κ1) is 16.4. The second-order valence-electron chi connectivity index (χ2n) is 6.28. The fraction of sp³-hybridized carbons (Fsp3) is 0.389. The molecule has 0 spiro atoms. The van der Waals surface area contributed by atoms with Crippen LogP contribution in [0.15, 0.2) is 42.5 Å². The van der Waals surface area contributed by atoms with Gasteiger partial charge in [0.1, 0.15) is 5.82 Å². The SMILES string of the molecule is CN1CCC[C@H](CNc2ccc(C(=O)Nc3ccccc3)nn2)C1. The Hall–Kier alpha value is -2.47. The average molecular weight is 325 g/mol. The number of aromatic nitrogens is 2. The molecule has 126 valence electrons. The van der Waals surface area contributed by atoms with Gasteiger partial charge in [-0.3, -0.25) is 4.79 Å². The summed E-state index contributed by atoms with van der Waals surface area (Å²) in [5.41, 5.74) is 1.05. The number of likely N-dealkylation sites (tertiary alicyclic amines) is 1. The van der Waals surface area contributed by atoms with E-state index in [0.29, 0.717) is 17.4 Å². The molecule has 0 unspecified atom stereocenters. The third kappa shape index (κ3) is 4.52. The lowest BCUT2D eigenvalue weighted by molar-refractivity contribution is 0.102. The van der Waals surface area contributed by atoms with Crippen LogP contribution in [0.1, 0.15) is 23.3 Å². The van der Waals surface area contributed by atoms with Crippen LogP contribution < -0.4 is 10.6 Å². The number of carbonyl (C=O) groups is 1. The lowest BCUT2D eigenvalue weighted by Crippen LogP contribution is -2.35. The van der Waals surface area contributed by atoms with E-state index in [0.717, 1.165) is 18.8 Å². The molecule has 0 bridgehead atoms. The van der Waals surface area contributed by atoms with Crippen LogP contribution in [0.2, 0.25) is 0 Å². The molecule has 1 atom stereocenters. The van der Waals surface area contributed by atoms with Gasteiger partial charge in [0, 0.05) is 18.8 Å². The summed E-state index contributed by atoms with van der Waals surface area (Å²) in [6, 6.07) is 12.8. The van der Waals surface area contributed by atoms with Gasteiger partial charge in [0.15, 0.2) is 5.69 Å². The lowest BCUT2D eigenvalue weighted by Gasteiger charge is -2.29. The van der Waals surface area contributed by atoms with E-state index in [1.165, 1.54) is 19.4 Å². The van der Waals surface area contributed by atoms with Gasteiger partial charge in [-0.15, -0.1) is 10.2 Å². The van der Waals surface area contributed by atoms with Crippen molar-refractivity contribution < 1.29 is 4.79 Å². The highest BCUT2D eigenvalue weighted by Crippen LogP contribution is 2.15. The van der Waals surface area contributed by atoms with Gasteiger partial charge < -0.3 is 15.5 Å². The van der Waals surface area contributed by atoms with Crippen LogP contribution in [0.5, 0.6) is 0 Å². The van der Waals surface area contributed by atoms with Gasteiger partial charge in [0.25, 0.3) is 5.91 Å². The van der Waals surface area contributed by atoms with Gasteiger partial charge >= 0.3 is 0 Å². The first-order valence-corrected chi connectivity index (χ1v) is 8.33. The van der Waals surface area contributed by atoms with E-state index in [1.807, 2.05) is 30.3 Å². The fourth-order valence-corrected chi connectivity index (χ4v) is 2.95. The molecule has 1 aliphatic heterocycles. The summed E-state index contributed by atoms with van der Waals surface area (Å²) in [6.07, 6.45) is 2.48. The molecular weight excluding hydrogens is 302 g/mol. The zero-order valence-corrected chi connectivity index (χ0v) is 13.9. The molecular formula is C18H23N5O. The van der Waals surface area contributed by atoms with E-state index in [2.05, 4.69) is 32.8 Å². The number of para-hydroxylation sites is 1. The van der Waals surface area contributed by atoms with Gasteiger partial charge in [-0.2, -0.15) is 0 Å². The van der Waals surface area contributed by atoms with E-state index in [-0.39, 0.29) is 5.91 Å². The van der Waals surface area contributed by atoms with E-state index in [4.69, 9.17) is 0 Å². The molecule has 24 heavy (non-hydrogen) atoms. The van der Waals surface area contributed by atoms with Crippen molar-refractivity contribution in [2.75, 3.05) is 37.3 Å². The lowest BCUT2D eigenvalue weighted by atomic mass is 9.98. The molecule has 2 N–H and O–H groups in total. The van der Waals surface area contributed by atoms with Crippen LogP contribution in [-0.4, -0.2) is 47.7 Å². The van der Waals surface area contributed by atoms with Gasteiger partial charge in [0.2, 0.25) is 0 Å². The fourth-order valence-electron chi connectivity index (χ4n) is 2.95. The number of piperidine rings is 1. The Balaban J connectivity index is 1.52. The summed E-state index contributed by atoms with van der Waals surface area (Å²) in [7, 11) is 2.16. The molecule has 0 radical (unpaired) electrons. The third-order valence-electron chi connectivity index (χ3n) is 4.22. The molecule has 0 saturated carbocycles. The van der Waals surface area contributed by atoms with Crippen molar-refractivity contribution in [1.82, 2.24) is 15.1 Å². The van der Waals surface area contributed by atoms with Crippen LogP contribution in [0.4, 0.5) is 11.5 Å². The molecule has 6 heteroatoms. The Labute approximate surface area is 142 Å². The zero-order valence-electron chi connectivity index (χ0n) is 13.9. The van der Waals surface area contributed by atoms with Crippen molar-refractivity contribution >= 4 is 17.4 Å². The molecule has 1 amide bonds. The molecule has 2 aromatic rings. The quantitative estimate of drug-likeness (QED) is 0.884. The summed E-state index contributed by atoms with van der Waals surface area (Å²) in [4.78, 5) is 14.5. The summed E-state index contributed by atoms with van der Waals surface area (Å²) in [6.45, 7) is 3.17. The van der Waals surface area contributed by atoms with Crippen LogP contribution in [0.25, 0.3) is 0 Å². The van der Waals surface area contributed by atoms with E-state index in [1.54, 1.807) is 12.1 Å². The van der Waals surface area contributed by atoms with Crippen molar-refractivity contribution in [2.24, 2.45) is 5.92 Å². The molecule has 1 aliphatic rings. The number of anilines is 2. The number of benzene rings is 1. The van der Waals surface area contributed by atoms with Gasteiger partial charge in [0.05, 0.1) is 0 Å². The number of carbonyl (C=O) groups excluding carboxylic acids is 1. The molecule has 1 saturated heterocycles. The Bertz CT molecular complexity index is 659. The standard InChI is InChI=1S/C18H23N5O/c1-23-11-5-6-14(13-23)12-19-17-10-9-16(21-22-17)18(24)20-15-7-3-2-4-8-15/h2-4,7-10,14H,5-6,11-13H2,1H3,(H,19,22)(H,20,24)/t14-/m1/s1. The summed E-state index contributed by atoms with van der Waals surface area (Å²) >= 11 is 0. The van der Waals surface area contributed by atoms with Crippen molar-refractivity contribution in [3.63, 3.8) is 0 Å². The maximum atomic E-state index is 12.1. The summed E-state index contributed by atoms with van der Waals surface area (Å²) < 4.78 is 0. The molecule has 1 aromatic heterocycles. The van der Waals surface area contributed by atoms with E-state index in [9.17, 15) is 4.79 Å². The second kappa shape index (κ2) is 7.88. The maximum Gasteiger partial charge on any atom is 0.276 e. The third-order valence-corrected chi connectivity index (χ3v) is 4.22. The molecule has 3 rings (SSSR count). The topological polar surface area (TPSA) is 70.2 Å². The zero-order chi connectivity index (χ0) is 16.8. The molecule has 1 fully saturated rings. The number of hydrogen-bond donors (Lipinski definition) is 2. The van der Waals surface area contributed by atoms with Crippen LogP contribution in [-0.2, 0) is 0 Å². The number of nitrogens with zero attached hydrogens (tertiary/aromatic N) is 3. The summed E-state index contributed by atoms with van der Waals surface area (Å²) in [5, 5.41) is 14.2. The number of nitrogens with one attached hydrogen (secondary N) is 2. The van der Waals surface area contributed by atoms with E-state index < -0.39 is 0 Å². The highest BCUT2D eigenvalue weighted by Gasteiger charge is 2.17. The Morgan fingerprint density at radius 2 is 2.04 bits per heavy atom. The number of rotatable bonds is 5. The second-order valence-corrected chi connectivity index (χ2v) is 6.28. The van der Waals surface area contributed by atoms with Gasteiger partial charge in [-0.05, 0) is 56.6 Å². The Morgan fingerprint density at radius 3 is 2.75 bits per heavy atom. The van der Waals surface area contributed by atoms with Crippen molar-refractivity contribution in [2.45, 2.75) is 12.8 Å². The Morgan fingerprint density at radius 1 is 1.21 bits per heavy atom. The minimum atomic E-state index is -0.255.